The first kappa shape index (κ1) is 11.8. The van der Waals surface area contributed by atoms with Gasteiger partial charge in [0, 0.05) is 25.5 Å². The molecule has 1 unspecified atom stereocenters. The van der Waals surface area contributed by atoms with E-state index in [1.54, 1.807) is 12.4 Å². The molecule has 0 saturated carbocycles. The van der Waals surface area contributed by atoms with Crippen LogP contribution in [0.5, 0.6) is 0 Å². The standard InChI is InChI=1S/C11H17BrN4/c1-16-4-2-3-9(8-16)5-13-11-14-6-10(12)7-15-11/h6-7,9H,2-5,8H2,1H3,(H,13,14,15). The fraction of sp³-hybridized carbons (Fsp3) is 0.636. The van der Waals surface area contributed by atoms with Crippen molar-refractivity contribution in [3.63, 3.8) is 0 Å². The van der Waals surface area contributed by atoms with Crippen molar-refractivity contribution in [2.45, 2.75) is 12.8 Å². The van der Waals surface area contributed by atoms with Crippen LogP contribution >= 0.6 is 15.9 Å². The zero-order valence-electron chi connectivity index (χ0n) is 9.49. The molecule has 0 aromatic carbocycles. The molecule has 88 valence electrons. The van der Waals surface area contributed by atoms with Gasteiger partial charge in [-0.1, -0.05) is 0 Å². The molecule has 1 saturated heterocycles. The van der Waals surface area contributed by atoms with Crippen molar-refractivity contribution in [1.29, 1.82) is 0 Å². The van der Waals surface area contributed by atoms with Crippen LogP contribution in [0.4, 0.5) is 5.95 Å². The molecule has 1 aliphatic heterocycles. The second-order valence-electron chi connectivity index (χ2n) is 4.38. The molecule has 2 heterocycles. The molecule has 1 N–H and O–H groups in total. The van der Waals surface area contributed by atoms with E-state index in [-0.39, 0.29) is 0 Å². The van der Waals surface area contributed by atoms with Gasteiger partial charge in [-0.2, -0.15) is 0 Å². The Hall–Kier alpha value is -0.680. The number of anilines is 1. The molecule has 1 aliphatic rings. The number of piperidine rings is 1. The highest BCUT2D eigenvalue weighted by atomic mass is 79.9. The molecule has 1 aromatic heterocycles. The summed E-state index contributed by atoms with van der Waals surface area (Å²) in [7, 11) is 2.18. The second kappa shape index (κ2) is 5.59. The van der Waals surface area contributed by atoms with Gasteiger partial charge in [0.05, 0.1) is 4.47 Å². The van der Waals surface area contributed by atoms with E-state index in [1.165, 1.54) is 25.9 Å². The lowest BCUT2D eigenvalue weighted by Gasteiger charge is -2.29. The fourth-order valence-electron chi connectivity index (χ4n) is 2.08. The number of likely N-dealkylation sites (tertiary alicyclic amines) is 1. The van der Waals surface area contributed by atoms with Crippen molar-refractivity contribution in [2.24, 2.45) is 5.92 Å². The van der Waals surface area contributed by atoms with Gasteiger partial charge >= 0.3 is 0 Å². The third kappa shape index (κ3) is 3.42. The van der Waals surface area contributed by atoms with E-state index in [0.29, 0.717) is 5.92 Å². The summed E-state index contributed by atoms with van der Waals surface area (Å²) in [5.74, 6) is 1.43. The summed E-state index contributed by atoms with van der Waals surface area (Å²) >= 11 is 3.32. The van der Waals surface area contributed by atoms with E-state index >= 15 is 0 Å². The molecule has 5 heteroatoms. The van der Waals surface area contributed by atoms with Gasteiger partial charge in [0.15, 0.2) is 0 Å². The Morgan fingerprint density at radius 3 is 2.94 bits per heavy atom. The van der Waals surface area contributed by atoms with E-state index in [2.05, 4.69) is 43.2 Å². The number of rotatable bonds is 3. The van der Waals surface area contributed by atoms with Crippen molar-refractivity contribution in [1.82, 2.24) is 14.9 Å². The number of nitrogens with zero attached hydrogens (tertiary/aromatic N) is 3. The summed E-state index contributed by atoms with van der Waals surface area (Å²) in [5.41, 5.74) is 0. The summed E-state index contributed by atoms with van der Waals surface area (Å²) < 4.78 is 0.912. The molecular formula is C11H17BrN4. The van der Waals surface area contributed by atoms with Crippen LogP contribution in [-0.4, -0.2) is 41.5 Å². The minimum absolute atomic E-state index is 0.714. The third-order valence-electron chi connectivity index (χ3n) is 2.89. The summed E-state index contributed by atoms with van der Waals surface area (Å²) in [4.78, 5) is 10.8. The first-order valence-corrected chi connectivity index (χ1v) is 6.43. The van der Waals surface area contributed by atoms with Crippen LogP contribution in [0.25, 0.3) is 0 Å². The van der Waals surface area contributed by atoms with Gasteiger partial charge in [-0.3, -0.25) is 0 Å². The van der Waals surface area contributed by atoms with Gasteiger partial charge in [0.25, 0.3) is 0 Å². The van der Waals surface area contributed by atoms with Crippen molar-refractivity contribution >= 4 is 21.9 Å². The highest BCUT2D eigenvalue weighted by Crippen LogP contribution is 2.15. The Kier molecular flexibility index (Phi) is 4.12. The molecule has 1 fully saturated rings. The Bertz CT molecular complexity index is 327. The maximum Gasteiger partial charge on any atom is 0.222 e. The normalized spacial score (nSPS) is 22.0. The van der Waals surface area contributed by atoms with Crippen LogP contribution < -0.4 is 5.32 Å². The van der Waals surface area contributed by atoms with Gasteiger partial charge in [0.1, 0.15) is 0 Å². The maximum absolute atomic E-state index is 4.20. The number of halogens is 1. The van der Waals surface area contributed by atoms with E-state index in [1.807, 2.05) is 0 Å². The molecule has 0 radical (unpaired) electrons. The first-order valence-electron chi connectivity index (χ1n) is 5.64. The van der Waals surface area contributed by atoms with Gasteiger partial charge in [0.2, 0.25) is 5.95 Å². The van der Waals surface area contributed by atoms with Gasteiger partial charge in [-0.25, -0.2) is 9.97 Å². The average molecular weight is 285 g/mol. The average Bonchev–Trinajstić information content (AvgIpc) is 2.28. The number of nitrogens with one attached hydrogen (secondary N) is 1. The molecule has 1 atom stereocenters. The summed E-state index contributed by atoms with van der Waals surface area (Å²) in [6, 6.07) is 0. The molecule has 0 amide bonds. The molecule has 1 aromatic rings. The third-order valence-corrected chi connectivity index (χ3v) is 3.30. The summed E-state index contributed by atoms with van der Waals surface area (Å²) in [6.07, 6.45) is 6.13. The van der Waals surface area contributed by atoms with E-state index in [9.17, 15) is 0 Å². The highest BCUT2D eigenvalue weighted by Gasteiger charge is 2.16. The lowest BCUT2D eigenvalue weighted by Crippen LogP contribution is -2.35. The van der Waals surface area contributed by atoms with Crippen LogP contribution in [0.1, 0.15) is 12.8 Å². The Balaban J connectivity index is 1.80. The molecule has 2 rings (SSSR count). The fourth-order valence-corrected chi connectivity index (χ4v) is 2.28. The van der Waals surface area contributed by atoms with Crippen molar-refractivity contribution < 1.29 is 0 Å². The van der Waals surface area contributed by atoms with Gasteiger partial charge in [-0.15, -0.1) is 0 Å². The Morgan fingerprint density at radius 1 is 1.50 bits per heavy atom. The molecule has 4 nitrogen and oxygen atoms in total. The maximum atomic E-state index is 4.20. The quantitative estimate of drug-likeness (QED) is 0.922. The highest BCUT2D eigenvalue weighted by molar-refractivity contribution is 9.10. The number of hydrogen-bond acceptors (Lipinski definition) is 4. The zero-order chi connectivity index (χ0) is 11.4. The van der Waals surface area contributed by atoms with E-state index < -0.39 is 0 Å². The molecule has 16 heavy (non-hydrogen) atoms. The van der Waals surface area contributed by atoms with Crippen molar-refractivity contribution in [3.05, 3.63) is 16.9 Å². The zero-order valence-corrected chi connectivity index (χ0v) is 11.1. The van der Waals surface area contributed by atoms with Crippen LogP contribution in [0.2, 0.25) is 0 Å². The smallest absolute Gasteiger partial charge is 0.222 e. The first-order chi connectivity index (χ1) is 7.74. The van der Waals surface area contributed by atoms with Crippen LogP contribution in [0.15, 0.2) is 16.9 Å². The van der Waals surface area contributed by atoms with Gasteiger partial charge in [-0.05, 0) is 48.3 Å². The monoisotopic (exact) mass is 284 g/mol. The Morgan fingerprint density at radius 2 is 2.25 bits per heavy atom. The van der Waals surface area contributed by atoms with Crippen molar-refractivity contribution in [3.8, 4) is 0 Å². The topological polar surface area (TPSA) is 41.0 Å². The van der Waals surface area contributed by atoms with Crippen molar-refractivity contribution in [2.75, 3.05) is 32.0 Å². The van der Waals surface area contributed by atoms with E-state index in [4.69, 9.17) is 0 Å². The van der Waals surface area contributed by atoms with Gasteiger partial charge < -0.3 is 10.2 Å². The SMILES string of the molecule is CN1CCCC(CNc2ncc(Br)cn2)C1. The molecular weight excluding hydrogens is 268 g/mol. The summed E-state index contributed by atoms with van der Waals surface area (Å²) in [5, 5.41) is 3.29. The number of aromatic nitrogens is 2. The van der Waals surface area contributed by atoms with Crippen LogP contribution in [0.3, 0.4) is 0 Å². The summed E-state index contributed by atoms with van der Waals surface area (Å²) in [6.45, 7) is 3.36. The van der Waals surface area contributed by atoms with E-state index in [0.717, 1.165) is 17.0 Å². The molecule has 0 spiro atoms. The molecule has 0 aliphatic carbocycles. The Labute approximate surface area is 105 Å². The molecule has 0 bridgehead atoms. The lowest BCUT2D eigenvalue weighted by molar-refractivity contribution is 0.217. The van der Waals surface area contributed by atoms with Crippen LogP contribution in [0, 0.1) is 5.92 Å². The minimum atomic E-state index is 0.714. The largest absolute Gasteiger partial charge is 0.354 e. The predicted octanol–water partition coefficient (Wildman–Crippen LogP) is 1.99. The predicted molar refractivity (Wildman–Crippen MR) is 68.4 cm³/mol. The second-order valence-corrected chi connectivity index (χ2v) is 5.29. The lowest BCUT2D eigenvalue weighted by atomic mass is 9.99. The van der Waals surface area contributed by atoms with Crippen LogP contribution in [-0.2, 0) is 0 Å². The number of hydrogen-bond donors (Lipinski definition) is 1. The minimum Gasteiger partial charge on any atom is -0.354 e.